The number of rotatable bonds is 5. The van der Waals surface area contributed by atoms with E-state index in [-0.39, 0.29) is 0 Å². The highest BCUT2D eigenvalue weighted by molar-refractivity contribution is 5.49. The normalized spacial score (nSPS) is 19.9. The lowest BCUT2D eigenvalue weighted by molar-refractivity contribution is 0.0134. The summed E-state index contributed by atoms with van der Waals surface area (Å²) in [7, 11) is 1.66. The lowest BCUT2D eigenvalue weighted by Crippen LogP contribution is -2.22. The average Bonchev–Trinajstić information content (AvgIpc) is 2.40. The van der Waals surface area contributed by atoms with Crippen LogP contribution in [0.1, 0.15) is 25.7 Å². The van der Waals surface area contributed by atoms with Crippen molar-refractivity contribution in [3.05, 3.63) is 18.3 Å². The summed E-state index contributed by atoms with van der Waals surface area (Å²) in [6.45, 7) is 1.79. The van der Waals surface area contributed by atoms with E-state index in [0.717, 1.165) is 31.1 Å². The van der Waals surface area contributed by atoms with Gasteiger partial charge in [-0.2, -0.15) is 0 Å². The molecule has 4 heteroatoms. The fraction of sp³-hybridized carbons (Fsp3) is 0.615. The van der Waals surface area contributed by atoms with Gasteiger partial charge in [0.2, 0.25) is 0 Å². The van der Waals surface area contributed by atoms with Crippen molar-refractivity contribution in [2.75, 3.05) is 25.6 Å². The molecular weight excluding hydrogens is 216 g/mol. The maximum atomic E-state index is 5.68. The van der Waals surface area contributed by atoms with Gasteiger partial charge in [-0.1, -0.05) is 0 Å². The minimum atomic E-state index is 0.408. The summed E-state index contributed by atoms with van der Waals surface area (Å²) in [4.78, 5) is 4.26. The van der Waals surface area contributed by atoms with Crippen LogP contribution in [0.3, 0.4) is 0 Å². The fourth-order valence-electron chi connectivity index (χ4n) is 2.07. The molecule has 0 amide bonds. The standard InChI is InChI=1S/C13H20N2O2/c1-16-12-6-4-8-14-13(12)15-9-7-11-5-2-3-10-17-11/h4,6,8,11H,2-3,5,7,9-10H2,1H3,(H,14,15). The fourth-order valence-corrected chi connectivity index (χ4v) is 2.07. The largest absolute Gasteiger partial charge is 0.493 e. The van der Waals surface area contributed by atoms with Crippen molar-refractivity contribution in [3.63, 3.8) is 0 Å². The van der Waals surface area contributed by atoms with E-state index in [1.165, 1.54) is 19.3 Å². The minimum Gasteiger partial charge on any atom is -0.493 e. The Morgan fingerprint density at radius 2 is 2.47 bits per heavy atom. The predicted molar refractivity (Wildman–Crippen MR) is 67.5 cm³/mol. The number of hydrogen-bond acceptors (Lipinski definition) is 4. The van der Waals surface area contributed by atoms with Crippen molar-refractivity contribution < 1.29 is 9.47 Å². The zero-order valence-corrected chi connectivity index (χ0v) is 10.3. The maximum absolute atomic E-state index is 5.68. The zero-order valence-electron chi connectivity index (χ0n) is 10.3. The lowest BCUT2D eigenvalue weighted by Gasteiger charge is -2.22. The Morgan fingerprint density at radius 1 is 1.53 bits per heavy atom. The molecule has 0 spiro atoms. The number of hydrogen-bond donors (Lipinski definition) is 1. The summed E-state index contributed by atoms with van der Waals surface area (Å²) in [5, 5.41) is 3.30. The SMILES string of the molecule is COc1cccnc1NCCC1CCCCO1. The van der Waals surface area contributed by atoms with Crippen molar-refractivity contribution in [3.8, 4) is 5.75 Å². The first-order chi connectivity index (χ1) is 8.40. The molecule has 1 atom stereocenters. The number of ether oxygens (including phenoxy) is 2. The van der Waals surface area contributed by atoms with E-state index in [0.29, 0.717) is 6.10 Å². The quantitative estimate of drug-likeness (QED) is 0.853. The Labute approximate surface area is 102 Å². The van der Waals surface area contributed by atoms with Gasteiger partial charge in [0.15, 0.2) is 11.6 Å². The summed E-state index contributed by atoms with van der Waals surface area (Å²) < 4.78 is 10.9. The number of anilines is 1. The molecule has 94 valence electrons. The second kappa shape index (κ2) is 6.45. The molecule has 0 aromatic carbocycles. The molecule has 0 bridgehead atoms. The van der Waals surface area contributed by atoms with Crippen LogP contribution in [0, 0.1) is 0 Å². The molecule has 1 aromatic heterocycles. The predicted octanol–water partition coefficient (Wildman–Crippen LogP) is 2.46. The van der Waals surface area contributed by atoms with Crippen LogP contribution in [0.15, 0.2) is 18.3 Å². The molecule has 1 fully saturated rings. The first kappa shape index (κ1) is 12.2. The minimum absolute atomic E-state index is 0.408. The van der Waals surface area contributed by atoms with Crippen molar-refractivity contribution in [2.45, 2.75) is 31.8 Å². The smallest absolute Gasteiger partial charge is 0.168 e. The van der Waals surface area contributed by atoms with Crippen LogP contribution in [0.4, 0.5) is 5.82 Å². The molecule has 1 aliphatic heterocycles. The molecule has 1 N–H and O–H groups in total. The number of methoxy groups -OCH3 is 1. The first-order valence-electron chi connectivity index (χ1n) is 6.24. The number of aromatic nitrogens is 1. The third-order valence-electron chi connectivity index (χ3n) is 3.02. The molecule has 0 saturated carbocycles. The Kier molecular flexibility index (Phi) is 4.62. The van der Waals surface area contributed by atoms with E-state index < -0.39 is 0 Å². The van der Waals surface area contributed by atoms with Gasteiger partial charge < -0.3 is 14.8 Å². The Bertz CT molecular complexity index is 338. The van der Waals surface area contributed by atoms with Gasteiger partial charge in [-0.05, 0) is 37.8 Å². The van der Waals surface area contributed by atoms with E-state index in [1.807, 2.05) is 12.1 Å². The van der Waals surface area contributed by atoms with Gasteiger partial charge in [0.1, 0.15) is 0 Å². The highest BCUT2D eigenvalue weighted by Crippen LogP contribution is 2.21. The topological polar surface area (TPSA) is 43.4 Å². The Balaban J connectivity index is 1.77. The van der Waals surface area contributed by atoms with Crippen LogP contribution < -0.4 is 10.1 Å². The molecule has 0 radical (unpaired) electrons. The molecule has 17 heavy (non-hydrogen) atoms. The molecule has 1 aliphatic rings. The molecule has 0 aliphatic carbocycles. The van der Waals surface area contributed by atoms with Gasteiger partial charge in [0.05, 0.1) is 13.2 Å². The number of nitrogens with zero attached hydrogens (tertiary/aromatic N) is 1. The Hall–Kier alpha value is -1.29. The third-order valence-corrected chi connectivity index (χ3v) is 3.02. The van der Waals surface area contributed by atoms with E-state index >= 15 is 0 Å². The van der Waals surface area contributed by atoms with Gasteiger partial charge >= 0.3 is 0 Å². The van der Waals surface area contributed by atoms with Gasteiger partial charge in [0.25, 0.3) is 0 Å². The van der Waals surface area contributed by atoms with Crippen LogP contribution in [-0.4, -0.2) is 31.3 Å². The summed E-state index contributed by atoms with van der Waals surface area (Å²) in [5.74, 6) is 1.60. The Morgan fingerprint density at radius 3 is 3.24 bits per heavy atom. The molecule has 1 aromatic rings. The van der Waals surface area contributed by atoms with Crippen molar-refractivity contribution in [2.24, 2.45) is 0 Å². The number of nitrogens with one attached hydrogen (secondary N) is 1. The van der Waals surface area contributed by atoms with Crippen LogP contribution in [0.5, 0.6) is 5.75 Å². The average molecular weight is 236 g/mol. The first-order valence-corrected chi connectivity index (χ1v) is 6.24. The van der Waals surface area contributed by atoms with Crippen LogP contribution in [0.2, 0.25) is 0 Å². The lowest BCUT2D eigenvalue weighted by atomic mass is 10.1. The third kappa shape index (κ3) is 3.60. The second-order valence-electron chi connectivity index (χ2n) is 4.26. The van der Waals surface area contributed by atoms with Crippen LogP contribution in [-0.2, 0) is 4.74 Å². The van der Waals surface area contributed by atoms with E-state index in [4.69, 9.17) is 9.47 Å². The van der Waals surface area contributed by atoms with Gasteiger partial charge in [-0.25, -0.2) is 4.98 Å². The van der Waals surface area contributed by atoms with Crippen LogP contribution >= 0.6 is 0 Å². The van der Waals surface area contributed by atoms with E-state index in [2.05, 4.69) is 10.3 Å². The zero-order chi connectivity index (χ0) is 11.9. The van der Waals surface area contributed by atoms with Crippen molar-refractivity contribution in [1.29, 1.82) is 0 Å². The molecular formula is C13H20N2O2. The van der Waals surface area contributed by atoms with Crippen molar-refractivity contribution in [1.82, 2.24) is 4.98 Å². The summed E-state index contributed by atoms with van der Waals surface area (Å²) in [5.41, 5.74) is 0. The van der Waals surface area contributed by atoms with Crippen molar-refractivity contribution >= 4 is 5.82 Å². The molecule has 2 rings (SSSR count). The summed E-state index contributed by atoms with van der Waals surface area (Å²) in [6.07, 6.45) is 6.88. The molecule has 2 heterocycles. The van der Waals surface area contributed by atoms with E-state index in [1.54, 1.807) is 13.3 Å². The van der Waals surface area contributed by atoms with Gasteiger partial charge in [0, 0.05) is 19.3 Å². The number of pyridine rings is 1. The monoisotopic (exact) mass is 236 g/mol. The van der Waals surface area contributed by atoms with Crippen LogP contribution in [0.25, 0.3) is 0 Å². The maximum Gasteiger partial charge on any atom is 0.168 e. The molecule has 4 nitrogen and oxygen atoms in total. The highest BCUT2D eigenvalue weighted by Gasteiger charge is 2.13. The summed E-state index contributed by atoms with van der Waals surface area (Å²) >= 11 is 0. The van der Waals surface area contributed by atoms with Gasteiger partial charge in [-0.15, -0.1) is 0 Å². The summed E-state index contributed by atoms with van der Waals surface area (Å²) in [6, 6.07) is 3.78. The van der Waals surface area contributed by atoms with Gasteiger partial charge in [-0.3, -0.25) is 0 Å². The second-order valence-corrected chi connectivity index (χ2v) is 4.26. The molecule has 1 unspecified atom stereocenters. The highest BCUT2D eigenvalue weighted by atomic mass is 16.5. The molecule has 1 saturated heterocycles. The van der Waals surface area contributed by atoms with E-state index in [9.17, 15) is 0 Å².